The predicted molar refractivity (Wildman–Crippen MR) is 62.4 cm³/mol. The highest BCUT2D eigenvalue weighted by Gasteiger charge is 2.21. The zero-order chi connectivity index (χ0) is 12.6. The minimum atomic E-state index is -1.45. The van der Waals surface area contributed by atoms with Crippen molar-refractivity contribution >= 4 is 27.3 Å². The maximum Gasteiger partial charge on any atom is 0.135 e. The number of benzene rings is 1. The molecule has 1 unspecified atom stereocenters. The quantitative estimate of drug-likeness (QED) is 0.885. The van der Waals surface area contributed by atoms with Crippen LogP contribution in [0.1, 0.15) is 17.2 Å². The molecular formula is C11H6BrF3OS. The fourth-order valence-corrected chi connectivity index (χ4v) is 2.64. The van der Waals surface area contributed by atoms with Crippen LogP contribution in [-0.4, -0.2) is 5.11 Å². The Balaban J connectivity index is 2.47. The average molecular weight is 323 g/mol. The van der Waals surface area contributed by atoms with Gasteiger partial charge in [-0.1, -0.05) is 0 Å². The van der Waals surface area contributed by atoms with Crippen LogP contribution in [0.3, 0.4) is 0 Å². The molecule has 2 rings (SSSR count). The summed E-state index contributed by atoms with van der Waals surface area (Å²) in [5, 5.41) is 11.4. The third-order valence-corrected chi connectivity index (χ3v) is 3.74. The highest BCUT2D eigenvalue weighted by Crippen LogP contribution is 2.32. The van der Waals surface area contributed by atoms with E-state index in [-0.39, 0.29) is 0 Å². The van der Waals surface area contributed by atoms with Gasteiger partial charge in [-0.05, 0) is 32.9 Å². The molecule has 17 heavy (non-hydrogen) atoms. The molecule has 0 fully saturated rings. The Hall–Kier alpha value is -0.850. The second-order valence-corrected chi connectivity index (χ2v) is 5.66. The first-order chi connectivity index (χ1) is 7.99. The summed E-state index contributed by atoms with van der Waals surface area (Å²) in [7, 11) is 0. The first-order valence-electron chi connectivity index (χ1n) is 4.55. The van der Waals surface area contributed by atoms with Crippen molar-refractivity contribution in [3.05, 3.63) is 55.9 Å². The largest absolute Gasteiger partial charge is 0.383 e. The number of hydrogen-bond donors (Lipinski definition) is 1. The molecule has 1 N–H and O–H groups in total. The molecule has 6 heteroatoms. The summed E-state index contributed by atoms with van der Waals surface area (Å²) in [5.41, 5.74) is -0.192. The maximum atomic E-state index is 13.4. The highest BCUT2D eigenvalue weighted by atomic mass is 79.9. The molecule has 0 spiro atoms. The summed E-state index contributed by atoms with van der Waals surface area (Å²) in [6.45, 7) is 0. The van der Waals surface area contributed by atoms with Gasteiger partial charge in [0.15, 0.2) is 0 Å². The first kappa shape index (κ1) is 12.6. The van der Waals surface area contributed by atoms with Crippen LogP contribution in [-0.2, 0) is 0 Å². The third kappa shape index (κ3) is 2.53. The molecule has 0 amide bonds. The first-order valence-corrected chi connectivity index (χ1v) is 6.22. The zero-order valence-corrected chi connectivity index (χ0v) is 10.7. The lowest BCUT2D eigenvalue weighted by Crippen LogP contribution is -2.05. The smallest absolute Gasteiger partial charge is 0.135 e. The van der Waals surface area contributed by atoms with E-state index in [1.54, 1.807) is 11.4 Å². The van der Waals surface area contributed by atoms with Gasteiger partial charge in [0.05, 0.1) is 9.35 Å². The van der Waals surface area contributed by atoms with Gasteiger partial charge < -0.3 is 5.11 Å². The molecule has 0 aliphatic heterocycles. The number of halogens is 4. The number of aliphatic hydroxyl groups is 1. The van der Waals surface area contributed by atoms with E-state index in [0.717, 1.165) is 3.79 Å². The van der Waals surface area contributed by atoms with Crippen LogP contribution in [0, 0.1) is 17.5 Å². The zero-order valence-electron chi connectivity index (χ0n) is 8.25. The molecule has 0 saturated carbocycles. The van der Waals surface area contributed by atoms with Crippen molar-refractivity contribution in [3.8, 4) is 0 Å². The molecule has 1 aromatic carbocycles. The molecule has 0 aliphatic carbocycles. The molecule has 1 aromatic heterocycles. The van der Waals surface area contributed by atoms with Gasteiger partial charge in [0.1, 0.15) is 23.6 Å². The van der Waals surface area contributed by atoms with Crippen LogP contribution in [0.5, 0.6) is 0 Å². The predicted octanol–water partition coefficient (Wildman–Crippen LogP) is 4.01. The van der Waals surface area contributed by atoms with Crippen LogP contribution in [0.25, 0.3) is 0 Å². The minimum absolute atomic E-state index is 0.353. The number of aliphatic hydroxyl groups excluding tert-OH is 1. The lowest BCUT2D eigenvalue weighted by molar-refractivity contribution is 0.209. The lowest BCUT2D eigenvalue weighted by Gasteiger charge is -2.11. The van der Waals surface area contributed by atoms with Gasteiger partial charge in [0.25, 0.3) is 0 Å². The van der Waals surface area contributed by atoms with Gasteiger partial charge >= 0.3 is 0 Å². The van der Waals surface area contributed by atoms with Crippen molar-refractivity contribution in [2.24, 2.45) is 0 Å². The fourth-order valence-electron chi connectivity index (χ4n) is 1.45. The summed E-state index contributed by atoms with van der Waals surface area (Å²) in [4.78, 5) is 0. The van der Waals surface area contributed by atoms with Gasteiger partial charge in [-0.3, -0.25) is 0 Å². The van der Waals surface area contributed by atoms with Crippen molar-refractivity contribution in [3.63, 3.8) is 0 Å². The van der Waals surface area contributed by atoms with Crippen LogP contribution >= 0.6 is 27.3 Å². The van der Waals surface area contributed by atoms with Crippen molar-refractivity contribution in [2.45, 2.75) is 6.10 Å². The third-order valence-electron chi connectivity index (χ3n) is 2.22. The molecular weight excluding hydrogens is 317 g/mol. The van der Waals surface area contributed by atoms with Crippen molar-refractivity contribution in [1.29, 1.82) is 0 Å². The van der Waals surface area contributed by atoms with Crippen LogP contribution in [0.2, 0.25) is 0 Å². The summed E-state index contributed by atoms with van der Waals surface area (Å²) >= 11 is 4.46. The second-order valence-electron chi connectivity index (χ2n) is 3.37. The molecule has 0 bridgehead atoms. The topological polar surface area (TPSA) is 20.2 Å². The summed E-state index contributed by atoms with van der Waals surface area (Å²) in [5.74, 6) is -3.21. The van der Waals surface area contributed by atoms with Crippen molar-refractivity contribution < 1.29 is 18.3 Å². The normalized spacial score (nSPS) is 12.8. The second kappa shape index (κ2) is 4.80. The minimum Gasteiger partial charge on any atom is -0.383 e. The maximum absolute atomic E-state index is 13.4. The Bertz CT molecular complexity index is 532. The Morgan fingerprint density at radius 2 is 1.71 bits per heavy atom. The molecule has 1 nitrogen and oxygen atoms in total. The number of thiophene rings is 1. The molecule has 2 aromatic rings. The van der Waals surface area contributed by atoms with E-state index in [2.05, 4.69) is 15.9 Å². The Morgan fingerprint density at radius 3 is 2.18 bits per heavy atom. The van der Waals surface area contributed by atoms with Gasteiger partial charge in [0, 0.05) is 12.1 Å². The standard InChI is InChI=1S/C11H6BrF3OS/c12-9-1-5(4-17-9)11(16)10-7(14)2-6(13)3-8(10)15/h1-4,11,16H. The lowest BCUT2D eigenvalue weighted by atomic mass is 10.0. The van der Waals surface area contributed by atoms with E-state index in [1.165, 1.54) is 11.3 Å². The SMILES string of the molecule is OC(c1csc(Br)c1)c1c(F)cc(F)cc1F. The molecule has 1 atom stereocenters. The Morgan fingerprint density at radius 1 is 1.12 bits per heavy atom. The fraction of sp³-hybridized carbons (Fsp3) is 0.0909. The van der Waals surface area contributed by atoms with Crippen LogP contribution in [0.4, 0.5) is 13.2 Å². The number of rotatable bonds is 2. The Kier molecular flexibility index (Phi) is 3.56. The van der Waals surface area contributed by atoms with Crippen LogP contribution < -0.4 is 0 Å². The average Bonchev–Trinajstić information content (AvgIpc) is 2.63. The van der Waals surface area contributed by atoms with Crippen molar-refractivity contribution in [2.75, 3.05) is 0 Å². The molecule has 0 radical (unpaired) electrons. The van der Waals surface area contributed by atoms with E-state index in [0.29, 0.717) is 17.7 Å². The van der Waals surface area contributed by atoms with E-state index in [4.69, 9.17) is 0 Å². The van der Waals surface area contributed by atoms with E-state index >= 15 is 0 Å². The van der Waals surface area contributed by atoms with E-state index in [1.807, 2.05) is 0 Å². The van der Waals surface area contributed by atoms with E-state index < -0.39 is 29.1 Å². The van der Waals surface area contributed by atoms with Gasteiger partial charge in [-0.15, -0.1) is 11.3 Å². The monoisotopic (exact) mass is 322 g/mol. The number of hydrogen-bond acceptors (Lipinski definition) is 2. The van der Waals surface area contributed by atoms with Gasteiger partial charge in [-0.2, -0.15) is 0 Å². The summed E-state index contributed by atoms with van der Waals surface area (Å²) in [6, 6.07) is 2.64. The molecule has 0 aliphatic rings. The van der Waals surface area contributed by atoms with Gasteiger partial charge in [-0.25, -0.2) is 13.2 Å². The highest BCUT2D eigenvalue weighted by molar-refractivity contribution is 9.11. The summed E-state index contributed by atoms with van der Waals surface area (Å²) in [6.07, 6.45) is -1.45. The Labute approximate surface area is 108 Å². The molecule has 1 heterocycles. The van der Waals surface area contributed by atoms with Gasteiger partial charge in [0.2, 0.25) is 0 Å². The van der Waals surface area contributed by atoms with Crippen molar-refractivity contribution in [1.82, 2.24) is 0 Å². The molecule has 90 valence electrons. The van der Waals surface area contributed by atoms with Crippen LogP contribution in [0.15, 0.2) is 27.4 Å². The molecule has 0 saturated heterocycles. The summed E-state index contributed by atoms with van der Waals surface area (Å²) < 4.78 is 40.3. The van der Waals surface area contributed by atoms with E-state index in [9.17, 15) is 18.3 Å².